The van der Waals surface area contributed by atoms with Crippen molar-refractivity contribution in [2.45, 2.75) is 32.9 Å². The zero-order chi connectivity index (χ0) is 22.9. The van der Waals surface area contributed by atoms with E-state index in [1.54, 1.807) is 28.4 Å². The molecule has 1 saturated heterocycles. The lowest BCUT2D eigenvalue weighted by Gasteiger charge is -2.35. The molecule has 2 N–H and O–H groups in total. The molecule has 1 aromatic rings. The molecule has 0 saturated carbocycles. The summed E-state index contributed by atoms with van der Waals surface area (Å²) in [4.78, 5) is 6.83. The number of rotatable bonds is 9. The van der Waals surface area contributed by atoms with Gasteiger partial charge >= 0.3 is 0 Å². The van der Waals surface area contributed by atoms with E-state index in [1.807, 2.05) is 6.07 Å². The molecule has 1 aliphatic heterocycles. The Balaban J connectivity index is 0.00000512. The second-order valence-electron chi connectivity index (χ2n) is 8.70. The van der Waals surface area contributed by atoms with Crippen molar-refractivity contribution in [1.29, 1.82) is 0 Å². The Kier molecular flexibility index (Phi) is 12.6. The van der Waals surface area contributed by atoms with Crippen LogP contribution in [0.4, 0.5) is 0 Å². The molecule has 0 radical (unpaired) electrons. The van der Waals surface area contributed by atoms with Gasteiger partial charge in [-0.3, -0.25) is 9.89 Å². The highest BCUT2D eigenvalue weighted by molar-refractivity contribution is 14.0. The van der Waals surface area contributed by atoms with Crippen molar-refractivity contribution in [2.24, 2.45) is 10.4 Å². The molecule has 32 heavy (non-hydrogen) atoms. The van der Waals surface area contributed by atoms with Crippen molar-refractivity contribution in [3.8, 4) is 11.5 Å². The Labute approximate surface area is 210 Å². The lowest BCUT2D eigenvalue weighted by molar-refractivity contribution is 0.0165. The SMILES string of the molecule is CN=C(NCC(c1ccc(OC)c(OC)c1)N1CCOCC1)NCC(OC)C(C)(C)C.I. The molecule has 8 nitrogen and oxygen atoms in total. The van der Waals surface area contributed by atoms with Crippen molar-refractivity contribution >= 4 is 29.9 Å². The van der Waals surface area contributed by atoms with Crippen molar-refractivity contribution in [1.82, 2.24) is 15.5 Å². The Bertz CT molecular complexity index is 706. The molecule has 1 heterocycles. The minimum Gasteiger partial charge on any atom is -0.493 e. The number of nitrogens with zero attached hydrogens (tertiary/aromatic N) is 2. The van der Waals surface area contributed by atoms with E-state index in [1.165, 1.54) is 0 Å². The number of benzene rings is 1. The van der Waals surface area contributed by atoms with Crippen LogP contribution in [0.5, 0.6) is 11.5 Å². The molecular formula is C23H41IN4O4. The number of aliphatic imine (C=N–C) groups is 1. The molecule has 0 amide bonds. The van der Waals surface area contributed by atoms with Crippen molar-refractivity contribution < 1.29 is 18.9 Å². The number of ether oxygens (including phenoxy) is 4. The highest BCUT2D eigenvalue weighted by atomic mass is 127. The highest BCUT2D eigenvalue weighted by Crippen LogP contribution is 2.32. The molecule has 0 spiro atoms. The first kappa shape index (κ1) is 28.7. The van der Waals surface area contributed by atoms with Crippen LogP contribution in [0.25, 0.3) is 0 Å². The van der Waals surface area contributed by atoms with Crippen molar-refractivity contribution in [3.05, 3.63) is 23.8 Å². The number of hydrogen-bond acceptors (Lipinski definition) is 6. The predicted octanol–water partition coefficient (Wildman–Crippen LogP) is 2.92. The quantitative estimate of drug-likeness (QED) is 0.272. The molecule has 9 heteroatoms. The van der Waals surface area contributed by atoms with Crippen LogP contribution in [-0.4, -0.2) is 84.7 Å². The van der Waals surface area contributed by atoms with Gasteiger partial charge < -0.3 is 29.6 Å². The van der Waals surface area contributed by atoms with Gasteiger partial charge in [-0.1, -0.05) is 26.8 Å². The summed E-state index contributed by atoms with van der Waals surface area (Å²) < 4.78 is 22.2. The van der Waals surface area contributed by atoms with Gasteiger partial charge in [0, 0.05) is 40.3 Å². The summed E-state index contributed by atoms with van der Waals surface area (Å²) in [5.41, 5.74) is 1.20. The lowest BCUT2D eigenvalue weighted by Crippen LogP contribution is -2.48. The molecule has 0 bridgehead atoms. The topological polar surface area (TPSA) is 76.6 Å². The third-order valence-corrected chi connectivity index (χ3v) is 5.67. The van der Waals surface area contributed by atoms with Gasteiger partial charge in [-0.15, -0.1) is 24.0 Å². The summed E-state index contributed by atoms with van der Waals surface area (Å²) in [6, 6.07) is 6.25. The van der Waals surface area contributed by atoms with Crippen molar-refractivity contribution in [3.63, 3.8) is 0 Å². The number of methoxy groups -OCH3 is 3. The van der Waals surface area contributed by atoms with Gasteiger partial charge in [-0.2, -0.15) is 0 Å². The van der Waals surface area contributed by atoms with Crippen molar-refractivity contribution in [2.75, 3.05) is 67.8 Å². The first-order chi connectivity index (χ1) is 14.8. The highest BCUT2D eigenvalue weighted by Gasteiger charge is 2.26. The van der Waals surface area contributed by atoms with E-state index in [0.29, 0.717) is 13.1 Å². The van der Waals surface area contributed by atoms with E-state index >= 15 is 0 Å². The van der Waals surface area contributed by atoms with E-state index < -0.39 is 0 Å². The maximum atomic E-state index is 5.65. The number of guanidine groups is 1. The molecule has 1 aliphatic rings. The average Bonchev–Trinajstić information content (AvgIpc) is 2.77. The van der Waals surface area contributed by atoms with Gasteiger partial charge in [0.15, 0.2) is 17.5 Å². The number of halogens is 1. The third kappa shape index (κ3) is 8.24. The molecule has 1 fully saturated rings. The molecule has 0 aliphatic carbocycles. The molecule has 0 aromatic heterocycles. The summed E-state index contributed by atoms with van der Waals surface area (Å²) in [7, 11) is 6.85. The Morgan fingerprint density at radius 3 is 2.22 bits per heavy atom. The van der Waals surface area contributed by atoms with Gasteiger partial charge in [0.2, 0.25) is 0 Å². The van der Waals surface area contributed by atoms with Gasteiger partial charge in [0.25, 0.3) is 0 Å². The van der Waals surface area contributed by atoms with Crippen LogP contribution < -0.4 is 20.1 Å². The number of nitrogens with one attached hydrogen (secondary N) is 2. The summed E-state index contributed by atoms with van der Waals surface area (Å²) >= 11 is 0. The van der Waals surface area contributed by atoms with E-state index in [2.05, 4.69) is 53.4 Å². The summed E-state index contributed by atoms with van der Waals surface area (Å²) in [6.45, 7) is 11.1. The maximum absolute atomic E-state index is 5.65. The fourth-order valence-corrected chi connectivity index (χ4v) is 3.75. The minimum absolute atomic E-state index is 0. The largest absolute Gasteiger partial charge is 0.493 e. The van der Waals surface area contributed by atoms with Gasteiger partial charge in [0.05, 0.1) is 39.6 Å². The van der Waals surface area contributed by atoms with Crippen LogP contribution in [0.3, 0.4) is 0 Å². The molecular weight excluding hydrogens is 523 g/mol. The average molecular weight is 565 g/mol. The van der Waals surface area contributed by atoms with Gasteiger partial charge in [-0.05, 0) is 23.1 Å². The summed E-state index contributed by atoms with van der Waals surface area (Å²) in [6.07, 6.45) is 0.0759. The van der Waals surface area contributed by atoms with Crippen LogP contribution in [0.1, 0.15) is 32.4 Å². The zero-order valence-electron chi connectivity index (χ0n) is 20.6. The molecule has 1 aromatic carbocycles. The molecule has 2 rings (SSSR count). The van der Waals surface area contributed by atoms with E-state index in [9.17, 15) is 0 Å². The Morgan fingerprint density at radius 1 is 1.06 bits per heavy atom. The van der Waals surface area contributed by atoms with E-state index in [-0.39, 0.29) is 41.5 Å². The van der Waals surface area contributed by atoms with Crippen LogP contribution >= 0.6 is 24.0 Å². The lowest BCUT2D eigenvalue weighted by atomic mass is 9.89. The number of hydrogen-bond donors (Lipinski definition) is 2. The Morgan fingerprint density at radius 2 is 1.69 bits per heavy atom. The maximum Gasteiger partial charge on any atom is 0.191 e. The van der Waals surface area contributed by atoms with Crippen LogP contribution in [0.2, 0.25) is 0 Å². The molecule has 2 atom stereocenters. The van der Waals surface area contributed by atoms with Crippen LogP contribution in [-0.2, 0) is 9.47 Å². The normalized spacial score (nSPS) is 17.2. The summed E-state index contributed by atoms with van der Waals surface area (Å²) in [5.74, 6) is 2.21. The van der Waals surface area contributed by atoms with Crippen LogP contribution in [0.15, 0.2) is 23.2 Å². The molecule has 184 valence electrons. The predicted molar refractivity (Wildman–Crippen MR) is 140 cm³/mol. The molecule has 2 unspecified atom stereocenters. The van der Waals surface area contributed by atoms with Crippen LogP contribution in [0, 0.1) is 5.41 Å². The fourth-order valence-electron chi connectivity index (χ4n) is 3.75. The van der Waals surface area contributed by atoms with Gasteiger partial charge in [-0.25, -0.2) is 0 Å². The first-order valence-corrected chi connectivity index (χ1v) is 10.8. The zero-order valence-corrected chi connectivity index (χ0v) is 22.9. The standard InChI is InChI=1S/C23H40N4O4.HI/c1-23(2,3)21(30-7)16-26-22(24-4)25-15-18(27-10-12-31-13-11-27)17-8-9-19(28-5)20(14-17)29-6;/h8-9,14,18,21H,10-13,15-16H2,1-7H3,(H2,24,25,26);1H. The monoisotopic (exact) mass is 564 g/mol. The van der Waals surface area contributed by atoms with E-state index in [0.717, 1.165) is 49.3 Å². The minimum atomic E-state index is 0. The Hall–Kier alpha value is -1.30. The van der Waals surface area contributed by atoms with E-state index in [4.69, 9.17) is 18.9 Å². The second-order valence-corrected chi connectivity index (χ2v) is 8.70. The first-order valence-electron chi connectivity index (χ1n) is 10.8. The summed E-state index contributed by atoms with van der Waals surface area (Å²) in [5, 5.41) is 6.89. The smallest absolute Gasteiger partial charge is 0.191 e. The number of morpholine rings is 1. The third-order valence-electron chi connectivity index (χ3n) is 5.67. The second kappa shape index (κ2) is 14.1. The fraction of sp³-hybridized carbons (Fsp3) is 0.696. The van der Waals surface area contributed by atoms with Gasteiger partial charge in [0.1, 0.15) is 0 Å².